The summed E-state index contributed by atoms with van der Waals surface area (Å²) in [5.41, 5.74) is 4.87. The van der Waals surface area contributed by atoms with Crippen LogP contribution in [0.15, 0.2) is 0 Å². The zero-order chi connectivity index (χ0) is 4.28. The molecule has 0 aromatic rings. The molecule has 2 N–H and O–H groups in total. The predicted octanol–water partition coefficient (Wildman–Crippen LogP) is -0.719. The second-order valence-electron chi connectivity index (χ2n) is 0.740. The third kappa shape index (κ3) is 4.11. The van der Waals surface area contributed by atoms with Gasteiger partial charge in [-0.15, -0.1) is 0 Å². The molecule has 0 radical (unpaired) electrons. The molecule has 0 aliphatic heterocycles. The summed E-state index contributed by atoms with van der Waals surface area (Å²) in [4.78, 5) is 0. The second-order valence-corrected chi connectivity index (χ2v) is 2.22. The number of hydrogen-bond acceptors (Lipinski definition) is 2. The number of hydrogen-bond donors (Lipinski definition) is 1. The molecule has 0 rings (SSSR count). The lowest BCUT2D eigenvalue weighted by molar-refractivity contribution is 0.687. The van der Waals surface area contributed by atoms with Gasteiger partial charge in [0, 0.05) is 17.1 Å². The van der Waals surface area contributed by atoms with Crippen molar-refractivity contribution in [3.63, 3.8) is 0 Å². The summed E-state index contributed by atoms with van der Waals surface area (Å²) in [5, 5.41) is 0. The van der Waals surface area contributed by atoms with Crippen LogP contribution < -0.4 is 5.73 Å². The van der Waals surface area contributed by atoms with Crippen molar-refractivity contribution in [3.05, 3.63) is 0 Å². The summed E-state index contributed by atoms with van der Waals surface area (Å²) in [6.07, 6.45) is 1.57. The third-order valence-corrected chi connectivity index (χ3v) is 0.704. The molecule has 0 aromatic carbocycles. The zero-order valence-corrected chi connectivity index (χ0v) is 3.92. The van der Waals surface area contributed by atoms with Crippen molar-refractivity contribution >= 4 is 10.8 Å². The van der Waals surface area contributed by atoms with Crippen molar-refractivity contribution in [2.24, 2.45) is 5.73 Å². The van der Waals surface area contributed by atoms with Crippen LogP contribution in [0.2, 0.25) is 0 Å². The minimum Gasteiger partial charge on any atom is -0.320 e. The highest BCUT2D eigenvalue weighted by Gasteiger charge is 1.73. The van der Waals surface area contributed by atoms with Gasteiger partial charge in [0.15, 0.2) is 0 Å². The molecule has 0 aromatic heterocycles. The first kappa shape index (κ1) is 5.11. The van der Waals surface area contributed by atoms with Crippen LogP contribution in [-0.4, -0.2) is 16.3 Å². The van der Waals surface area contributed by atoms with Crippen molar-refractivity contribution in [2.75, 3.05) is 12.1 Å². The molecule has 0 amide bonds. The molecule has 0 aliphatic carbocycles. The summed E-state index contributed by atoms with van der Waals surface area (Å²) in [5.74, 6) is 0.278. The average Bonchev–Trinajstić information content (AvgIpc) is 1.38. The molecule has 0 saturated heterocycles. The van der Waals surface area contributed by atoms with Gasteiger partial charge in [-0.1, -0.05) is 0 Å². The van der Waals surface area contributed by atoms with Gasteiger partial charge in [-0.25, -0.2) is 0 Å². The van der Waals surface area contributed by atoms with Gasteiger partial charge in [-0.2, -0.15) is 0 Å². The minimum atomic E-state index is -0.795. The van der Waals surface area contributed by atoms with Gasteiger partial charge in [0.2, 0.25) is 0 Å². The van der Waals surface area contributed by atoms with Gasteiger partial charge < -0.3 is 5.73 Å². The minimum absolute atomic E-state index is 0.278. The Balaban J connectivity index is 2.85. The van der Waals surface area contributed by atoms with Crippen LogP contribution in [0, 0.1) is 0 Å². The lowest BCUT2D eigenvalue weighted by atomic mass is 11.5. The number of nitrogens with two attached hydrogens (primary N) is 1. The molecule has 0 bridgehead atoms. The second kappa shape index (κ2) is 2.35. The van der Waals surface area contributed by atoms with Crippen LogP contribution >= 0.6 is 0 Å². The van der Waals surface area contributed by atoms with E-state index in [0.717, 1.165) is 0 Å². The fourth-order valence-electron chi connectivity index (χ4n) is 0. The highest BCUT2D eigenvalue weighted by atomic mass is 32.2. The molecule has 0 aliphatic rings. The van der Waals surface area contributed by atoms with E-state index in [1.807, 2.05) is 0 Å². The van der Waals surface area contributed by atoms with E-state index < -0.39 is 10.8 Å². The fraction of sp³-hybridized carbons (Fsp3) is 1.00. The van der Waals surface area contributed by atoms with E-state index in [1.54, 1.807) is 6.26 Å². The van der Waals surface area contributed by atoms with Crippen LogP contribution in [0.25, 0.3) is 0 Å². The molecule has 0 heterocycles. The normalized spacial score (nSPS) is 14.8. The Hall–Kier alpha value is 0.110. The summed E-state index contributed by atoms with van der Waals surface area (Å²) in [7, 11) is -0.795. The summed E-state index contributed by atoms with van der Waals surface area (Å²) in [6, 6.07) is 0. The zero-order valence-electron chi connectivity index (χ0n) is 3.10. The molecule has 3 heteroatoms. The molecule has 1 atom stereocenters. The molecule has 0 fully saturated rings. The fourth-order valence-corrected chi connectivity index (χ4v) is 0. The summed E-state index contributed by atoms with van der Waals surface area (Å²) < 4.78 is 9.80. The van der Waals surface area contributed by atoms with Crippen LogP contribution in [0.1, 0.15) is 0 Å². The van der Waals surface area contributed by atoms with E-state index in [4.69, 9.17) is 5.73 Å². The van der Waals surface area contributed by atoms with Crippen LogP contribution in [-0.2, 0) is 10.8 Å². The highest BCUT2D eigenvalue weighted by molar-refractivity contribution is 7.84. The van der Waals surface area contributed by atoms with E-state index in [9.17, 15) is 4.21 Å². The first-order valence-electron chi connectivity index (χ1n) is 1.27. The average molecular weight is 93.2 g/mol. The summed E-state index contributed by atoms with van der Waals surface area (Å²) in [6.45, 7) is 0. The maximum absolute atomic E-state index is 9.80. The smallest absolute Gasteiger partial charge is 0.0694 e. The van der Waals surface area contributed by atoms with Crippen molar-refractivity contribution in [2.45, 2.75) is 0 Å². The maximum Gasteiger partial charge on any atom is 0.0694 e. The molecular weight excluding hydrogens is 86.1 g/mol. The topological polar surface area (TPSA) is 43.1 Å². The standard InChI is InChI=1S/C2H7NOS/c1-5(4)2-3/h2-3H2,1H3. The maximum atomic E-state index is 9.80. The van der Waals surface area contributed by atoms with Gasteiger partial charge >= 0.3 is 0 Å². The van der Waals surface area contributed by atoms with E-state index in [0.29, 0.717) is 0 Å². The van der Waals surface area contributed by atoms with Crippen molar-refractivity contribution in [1.29, 1.82) is 0 Å². The Morgan fingerprint density at radius 1 is 2.00 bits per heavy atom. The van der Waals surface area contributed by atoms with Crippen LogP contribution in [0.3, 0.4) is 0 Å². The van der Waals surface area contributed by atoms with E-state index in [1.165, 1.54) is 0 Å². The Morgan fingerprint density at radius 2 is 2.20 bits per heavy atom. The van der Waals surface area contributed by atoms with Gasteiger partial charge in [0.25, 0.3) is 0 Å². The van der Waals surface area contributed by atoms with E-state index in [2.05, 4.69) is 0 Å². The van der Waals surface area contributed by atoms with Gasteiger partial charge in [-0.3, -0.25) is 4.21 Å². The predicted molar refractivity (Wildman–Crippen MR) is 23.1 cm³/mol. The third-order valence-electron chi connectivity index (χ3n) is 0.235. The summed E-state index contributed by atoms with van der Waals surface area (Å²) >= 11 is 0. The Kier molecular flexibility index (Phi) is 2.41. The van der Waals surface area contributed by atoms with Gasteiger partial charge in [0.1, 0.15) is 0 Å². The SMILES string of the molecule is CS(=O)CN. The monoisotopic (exact) mass is 93.0 g/mol. The molecule has 32 valence electrons. The molecule has 2 nitrogen and oxygen atoms in total. The molecule has 0 saturated carbocycles. The van der Waals surface area contributed by atoms with E-state index in [-0.39, 0.29) is 5.88 Å². The molecule has 5 heavy (non-hydrogen) atoms. The Morgan fingerprint density at radius 3 is 2.20 bits per heavy atom. The number of rotatable bonds is 1. The lowest BCUT2D eigenvalue weighted by Crippen LogP contribution is -2.03. The molecule has 1 unspecified atom stereocenters. The first-order valence-corrected chi connectivity index (χ1v) is 3.00. The van der Waals surface area contributed by atoms with Crippen molar-refractivity contribution in [3.8, 4) is 0 Å². The van der Waals surface area contributed by atoms with Crippen LogP contribution in [0.4, 0.5) is 0 Å². The van der Waals surface area contributed by atoms with Gasteiger partial charge in [-0.05, 0) is 0 Å². The van der Waals surface area contributed by atoms with Crippen molar-refractivity contribution < 1.29 is 4.21 Å². The quantitative estimate of drug-likeness (QED) is 0.465. The molecule has 0 spiro atoms. The van der Waals surface area contributed by atoms with Gasteiger partial charge in [0.05, 0.1) is 5.88 Å². The van der Waals surface area contributed by atoms with Crippen molar-refractivity contribution in [1.82, 2.24) is 0 Å². The van der Waals surface area contributed by atoms with Crippen LogP contribution in [0.5, 0.6) is 0 Å². The lowest BCUT2D eigenvalue weighted by Gasteiger charge is -1.75. The largest absolute Gasteiger partial charge is 0.320 e. The Labute approximate surface area is 33.8 Å². The van der Waals surface area contributed by atoms with E-state index >= 15 is 0 Å². The highest BCUT2D eigenvalue weighted by Crippen LogP contribution is 1.56. The first-order chi connectivity index (χ1) is 2.27. The Bertz CT molecular complexity index is 44.9. The molecular formula is C2H7NOS.